The van der Waals surface area contributed by atoms with Crippen LogP contribution in [0.15, 0.2) is 12.2 Å². The fourth-order valence-corrected chi connectivity index (χ4v) is 1.56. The lowest BCUT2D eigenvalue weighted by Gasteiger charge is -2.09. The van der Waals surface area contributed by atoms with E-state index in [1.54, 1.807) is 6.92 Å². The molecule has 0 aliphatic rings. The number of hydrogen-bond acceptors (Lipinski definition) is 4. The van der Waals surface area contributed by atoms with Crippen LogP contribution in [0, 0.1) is 5.92 Å². The molecule has 0 saturated carbocycles. The molecule has 0 fully saturated rings. The molecule has 0 aliphatic heterocycles. The molecule has 1 unspecified atom stereocenters. The van der Waals surface area contributed by atoms with Gasteiger partial charge in [-0.1, -0.05) is 13.5 Å². The van der Waals surface area contributed by atoms with Gasteiger partial charge in [0.2, 0.25) is 0 Å². The van der Waals surface area contributed by atoms with Gasteiger partial charge in [-0.05, 0) is 6.92 Å². The van der Waals surface area contributed by atoms with Crippen molar-refractivity contribution >= 4 is 16.1 Å². The molecule has 0 aliphatic carbocycles. The third-order valence-corrected chi connectivity index (χ3v) is 2.33. The lowest BCUT2D eigenvalue weighted by Crippen LogP contribution is -2.19. The van der Waals surface area contributed by atoms with Crippen LogP contribution in [0.3, 0.4) is 0 Å². The summed E-state index contributed by atoms with van der Waals surface area (Å²) in [5.74, 6) is -1.42. The Morgan fingerprint density at radius 1 is 1.57 bits per heavy atom. The molecule has 1 N–H and O–H groups in total. The average molecular weight is 222 g/mol. The Morgan fingerprint density at radius 2 is 2.07 bits per heavy atom. The Balaban J connectivity index is 3.92. The molecule has 0 aromatic heterocycles. The van der Waals surface area contributed by atoms with Gasteiger partial charge in [0, 0.05) is 11.5 Å². The SMILES string of the molecule is C=C(C)C(=O)OCC(C)CS(=O)(=O)O. The number of carbonyl (C=O) groups excluding carboxylic acids is 1. The molecule has 6 heteroatoms. The summed E-state index contributed by atoms with van der Waals surface area (Å²) in [5.41, 5.74) is 0.254. The molecule has 0 heterocycles. The maximum Gasteiger partial charge on any atom is 0.333 e. The first-order valence-electron chi connectivity index (χ1n) is 4.00. The summed E-state index contributed by atoms with van der Waals surface area (Å²) in [7, 11) is -4.01. The van der Waals surface area contributed by atoms with Gasteiger partial charge in [0.25, 0.3) is 10.1 Å². The molecule has 0 aromatic rings. The highest BCUT2D eigenvalue weighted by Crippen LogP contribution is 2.02. The van der Waals surface area contributed by atoms with E-state index in [1.165, 1.54) is 6.92 Å². The minimum absolute atomic E-state index is 0.0501. The van der Waals surface area contributed by atoms with Gasteiger partial charge in [-0.3, -0.25) is 4.55 Å². The lowest BCUT2D eigenvalue weighted by atomic mass is 10.2. The van der Waals surface area contributed by atoms with Gasteiger partial charge in [-0.15, -0.1) is 0 Å². The topological polar surface area (TPSA) is 80.7 Å². The highest BCUT2D eigenvalue weighted by atomic mass is 32.2. The summed E-state index contributed by atoms with van der Waals surface area (Å²) in [6.45, 7) is 6.37. The van der Waals surface area contributed by atoms with Crippen molar-refractivity contribution in [3.63, 3.8) is 0 Å². The van der Waals surface area contributed by atoms with Crippen molar-refractivity contribution in [3.05, 3.63) is 12.2 Å². The van der Waals surface area contributed by atoms with Crippen molar-refractivity contribution < 1.29 is 22.5 Å². The van der Waals surface area contributed by atoms with Crippen LogP contribution in [0.5, 0.6) is 0 Å². The summed E-state index contributed by atoms with van der Waals surface area (Å²) >= 11 is 0. The molecule has 0 radical (unpaired) electrons. The van der Waals surface area contributed by atoms with E-state index in [2.05, 4.69) is 6.58 Å². The van der Waals surface area contributed by atoms with Gasteiger partial charge in [0.15, 0.2) is 0 Å². The summed E-state index contributed by atoms with van der Waals surface area (Å²) < 4.78 is 34.0. The molecule has 0 aromatic carbocycles. The summed E-state index contributed by atoms with van der Waals surface area (Å²) in [5, 5.41) is 0. The molecule has 0 bridgehead atoms. The van der Waals surface area contributed by atoms with Crippen LogP contribution in [0.4, 0.5) is 0 Å². The van der Waals surface area contributed by atoms with E-state index in [0.29, 0.717) is 0 Å². The normalized spacial score (nSPS) is 13.4. The molecular formula is C8H14O5S. The largest absolute Gasteiger partial charge is 0.462 e. The van der Waals surface area contributed by atoms with E-state index in [-0.39, 0.29) is 12.2 Å². The van der Waals surface area contributed by atoms with Crippen LogP contribution in [0.2, 0.25) is 0 Å². The summed E-state index contributed by atoms with van der Waals surface area (Å²) in [6, 6.07) is 0. The molecule has 14 heavy (non-hydrogen) atoms. The smallest absolute Gasteiger partial charge is 0.333 e. The van der Waals surface area contributed by atoms with Crippen molar-refractivity contribution in [2.75, 3.05) is 12.4 Å². The maximum absolute atomic E-state index is 10.9. The van der Waals surface area contributed by atoms with Gasteiger partial charge >= 0.3 is 5.97 Å². The highest BCUT2D eigenvalue weighted by Gasteiger charge is 2.14. The Morgan fingerprint density at radius 3 is 2.43 bits per heavy atom. The summed E-state index contributed by atoms with van der Waals surface area (Å²) in [4.78, 5) is 10.9. The Kier molecular flexibility index (Phi) is 4.79. The number of rotatable bonds is 5. The molecule has 0 saturated heterocycles. The van der Waals surface area contributed by atoms with Crippen molar-refractivity contribution in [3.8, 4) is 0 Å². The van der Waals surface area contributed by atoms with Crippen molar-refractivity contribution in [1.29, 1.82) is 0 Å². The van der Waals surface area contributed by atoms with Crippen LogP contribution in [0.1, 0.15) is 13.8 Å². The van der Waals surface area contributed by atoms with E-state index in [1.807, 2.05) is 0 Å². The first-order valence-corrected chi connectivity index (χ1v) is 5.61. The highest BCUT2D eigenvalue weighted by molar-refractivity contribution is 7.85. The lowest BCUT2D eigenvalue weighted by molar-refractivity contribution is -0.139. The van der Waals surface area contributed by atoms with Gasteiger partial charge in [0.05, 0.1) is 12.4 Å². The van der Waals surface area contributed by atoms with Gasteiger partial charge < -0.3 is 4.74 Å². The predicted molar refractivity (Wildman–Crippen MR) is 51.4 cm³/mol. The van der Waals surface area contributed by atoms with Crippen molar-refractivity contribution in [2.24, 2.45) is 5.92 Å². The summed E-state index contributed by atoms with van der Waals surface area (Å²) in [6.07, 6.45) is 0. The first-order chi connectivity index (χ1) is 6.22. The standard InChI is InChI=1S/C8H14O5S/c1-6(2)8(9)13-4-7(3)5-14(10,11)12/h7H,1,4-5H2,2-3H3,(H,10,11,12). The van der Waals surface area contributed by atoms with E-state index in [0.717, 1.165) is 0 Å². The van der Waals surface area contributed by atoms with Crippen LogP contribution in [-0.4, -0.2) is 31.3 Å². The average Bonchev–Trinajstić information content (AvgIpc) is 1.96. The number of carbonyl (C=O) groups is 1. The molecule has 82 valence electrons. The third kappa shape index (κ3) is 6.62. The predicted octanol–water partition coefficient (Wildman–Crippen LogP) is 0.630. The molecular weight excluding hydrogens is 208 g/mol. The molecule has 0 rings (SSSR count). The number of esters is 1. The molecule has 0 amide bonds. The van der Waals surface area contributed by atoms with Crippen LogP contribution in [0.25, 0.3) is 0 Å². The van der Waals surface area contributed by atoms with Gasteiger partial charge in [0.1, 0.15) is 0 Å². The number of hydrogen-bond donors (Lipinski definition) is 1. The third-order valence-electron chi connectivity index (χ3n) is 1.34. The van der Waals surface area contributed by atoms with E-state index in [9.17, 15) is 13.2 Å². The molecule has 1 atom stereocenters. The fraction of sp³-hybridized carbons (Fsp3) is 0.625. The van der Waals surface area contributed by atoms with Crippen LogP contribution in [-0.2, 0) is 19.6 Å². The zero-order valence-corrected chi connectivity index (χ0v) is 9.00. The number of ether oxygens (including phenoxy) is 1. The minimum Gasteiger partial charge on any atom is -0.462 e. The monoisotopic (exact) mass is 222 g/mol. The molecule has 0 spiro atoms. The Bertz CT molecular complexity index is 317. The maximum atomic E-state index is 10.9. The van der Waals surface area contributed by atoms with Crippen molar-refractivity contribution in [2.45, 2.75) is 13.8 Å². The zero-order valence-electron chi connectivity index (χ0n) is 8.19. The Hall–Kier alpha value is -0.880. The van der Waals surface area contributed by atoms with E-state index < -0.39 is 27.8 Å². The molecule has 5 nitrogen and oxygen atoms in total. The Labute approximate surface area is 83.5 Å². The first kappa shape index (κ1) is 13.1. The van der Waals surface area contributed by atoms with Gasteiger partial charge in [-0.25, -0.2) is 4.79 Å². The fourth-order valence-electron chi connectivity index (χ4n) is 0.749. The second-order valence-electron chi connectivity index (χ2n) is 3.23. The quantitative estimate of drug-likeness (QED) is 0.419. The zero-order chi connectivity index (χ0) is 11.4. The van der Waals surface area contributed by atoms with Crippen LogP contribution < -0.4 is 0 Å². The van der Waals surface area contributed by atoms with E-state index >= 15 is 0 Å². The minimum atomic E-state index is -4.01. The van der Waals surface area contributed by atoms with Gasteiger partial charge in [-0.2, -0.15) is 8.42 Å². The van der Waals surface area contributed by atoms with Crippen LogP contribution >= 0.6 is 0 Å². The van der Waals surface area contributed by atoms with E-state index in [4.69, 9.17) is 9.29 Å². The van der Waals surface area contributed by atoms with Crippen molar-refractivity contribution in [1.82, 2.24) is 0 Å². The second-order valence-corrected chi connectivity index (χ2v) is 4.73. The second kappa shape index (κ2) is 5.11.